The number of hydrogen-bond acceptors (Lipinski definition) is 4. The number of carbonyl (C=O) groups excluding carboxylic acids is 1. The SMILES string of the molecule is CCc1c(C(=O)N2CCN(c3ccccn3)CC2)cnn1Cc1ccccc1. The largest absolute Gasteiger partial charge is 0.353 e. The summed E-state index contributed by atoms with van der Waals surface area (Å²) in [5.74, 6) is 1.05. The molecule has 0 bridgehead atoms. The van der Waals surface area contributed by atoms with E-state index in [1.165, 1.54) is 5.56 Å². The van der Waals surface area contributed by atoms with Crippen LogP contribution in [0.3, 0.4) is 0 Å². The first kappa shape index (κ1) is 18.2. The highest BCUT2D eigenvalue weighted by Gasteiger charge is 2.26. The van der Waals surface area contributed by atoms with Gasteiger partial charge in [-0.05, 0) is 24.1 Å². The average Bonchev–Trinajstić information content (AvgIpc) is 3.17. The summed E-state index contributed by atoms with van der Waals surface area (Å²) in [5, 5.41) is 4.51. The molecule has 1 amide bonds. The van der Waals surface area contributed by atoms with Gasteiger partial charge in [-0.3, -0.25) is 9.48 Å². The summed E-state index contributed by atoms with van der Waals surface area (Å²) >= 11 is 0. The number of nitrogens with zero attached hydrogens (tertiary/aromatic N) is 5. The molecule has 1 aliphatic heterocycles. The molecule has 1 fully saturated rings. The van der Waals surface area contributed by atoms with Gasteiger partial charge in [0, 0.05) is 32.4 Å². The van der Waals surface area contributed by atoms with Gasteiger partial charge in [0.1, 0.15) is 5.82 Å². The van der Waals surface area contributed by atoms with E-state index in [2.05, 4.69) is 34.0 Å². The monoisotopic (exact) mass is 375 g/mol. The third kappa shape index (κ3) is 3.76. The Morgan fingerprint density at radius 2 is 1.75 bits per heavy atom. The summed E-state index contributed by atoms with van der Waals surface area (Å²) in [4.78, 5) is 21.7. The van der Waals surface area contributed by atoms with E-state index in [-0.39, 0.29) is 5.91 Å². The van der Waals surface area contributed by atoms with Gasteiger partial charge in [-0.25, -0.2) is 4.98 Å². The second kappa shape index (κ2) is 8.25. The Labute approximate surface area is 165 Å². The van der Waals surface area contributed by atoms with Crippen LogP contribution in [-0.2, 0) is 13.0 Å². The predicted molar refractivity (Wildman–Crippen MR) is 110 cm³/mol. The van der Waals surface area contributed by atoms with Crippen LogP contribution in [0, 0.1) is 0 Å². The molecule has 1 saturated heterocycles. The molecule has 6 nitrogen and oxygen atoms in total. The van der Waals surface area contributed by atoms with Gasteiger partial charge in [-0.15, -0.1) is 0 Å². The fourth-order valence-corrected chi connectivity index (χ4v) is 3.70. The van der Waals surface area contributed by atoms with Crippen LogP contribution < -0.4 is 4.90 Å². The van der Waals surface area contributed by atoms with Crippen LogP contribution in [0.4, 0.5) is 5.82 Å². The van der Waals surface area contributed by atoms with E-state index >= 15 is 0 Å². The van der Waals surface area contributed by atoms with Crippen molar-refractivity contribution in [1.29, 1.82) is 0 Å². The van der Waals surface area contributed by atoms with Gasteiger partial charge in [0.2, 0.25) is 0 Å². The van der Waals surface area contributed by atoms with Crippen molar-refractivity contribution < 1.29 is 4.79 Å². The Kier molecular flexibility index (Phi) is 5.37. The van der Waals surface area contributed by atoms with Crippen molar-refractivity contribution in [1.82, 2.24) is 19.7 Å². The van der Waals surface area contributed by atoms with Crippen molar-refractivity contribution in [2.45, 2.75) is 19.9 Å². The lowest BCUT2D eigenvalue weighted by molar-refractivity contribution is 0.0745. The fourth-order valence-electron chi connectivity index (χ4n) is 3.70. The van der Waals surface area contributed by atoms with Gasteiger partial charge in [0.05, 0.1) is 24.0 Å². The first-order valence-electron chi connectivity index (χ1n) is 9.80. The summed E-state index contributed by atoms with van der Waals surface area (Å²) in [6.07, 6.45) is 4.32. The van der Waals surface area contributed by atoms with Gasteiger partial charge < -0.3 is 9.80 Å². The van der Waals surface area contributed by atoms with Crippen molar-refractivity contribution in [3.8, 4) is 0 Å². The minimum Gasteiger partial charge on any atom is -0.353 e. The third-order valence-electron chi connectivity index (χ3n) is 5.23. The van der Waals surface area contributed by atoms with E-state index in [0.29, 0.717) is 19.6 Å². The third-order valence-corrected chi connectivity index (χ3v) is 5.23. The summed E-state index contributed by atoms with van der Waals surface area (Å²) < 4.78 is 1.95. The number of pyridine rings is 1. The number of piperazine rings is 1. The van der Waals surface area contributed by atoms with E-state index in [1.54, 1.807) is 6.20 Å². The average molecular weight is 375 g/mol. The van der Waals surface area contributed by atoms with Gasteiger partial charge >= 0.3 is 0 Å². The lowest BCUT2D eigenvalue weighted by Crippen LogP contribution is -2.49. The normalized spacial score (nSPS) is 14.3. The molecule has 0 saturated carbocycles. The number of aromatic nitrogens is 3. The van der Waals surface area contributed by atoms with Crippen molar-refractivity contribution in [2.75, 3.05) is 31.1 Å². The Hall–Kier alpha value is -3.15. The van der Waals surface area contributed by atoms with Crippen LogP contribution >= 0.6 is 0 Å². The zero-order valence-electron chi connectivity index (χ0n) is 16.2. The van der Waals surface area contributed by atoms with Crippen LogP contribution in [-0.4, -0.2) is 51.8 Å². The smallest absolute Gasteiger partial charge is 0.257 e. The maximum absolute atomic E-state index is 13.1. The quantitative estimate of drug-likeness (QED) is 0.688. The van der Waals surface area contributed by atoms with Crippen LogP contribution in [0.15, 0.2) is 60.9 Å². The lowest BCUT2D eigenvalue weighted by Gasteiger charge is -2.35. The summed E-state index contributed by atoms with van der Waals surface area (Å²) in [6.45, 7) is 5.74. The summed E-state index contributed by atoms with van der Waals surface area (Å²) in [5.41, 5.74) is 2.91. The zero-order chi connectivity index (χ0) is 19.3. The summed E-state index contributed by atoms with van der Waals surface area (Å²) in [6, 6.07) is 16.2. The number of anilines is 1. The van der Waals surface area contributed by atoms with Crippen LogP contribution in [0.2, 0.25) is 0 Å². The maximum Gasteiger partial charge on any atom is 0.257 e. The molecule has 2 aromatic heterocycles. The molecule has 1 aliphatic rings. The molecule has 0 atom stereocenters. The van der Waals surface area contributed by atoms with Crippen molar-refractivity contribution >= 4 is 11.7 Å². The predicted octanol–water partition coefficient (Wildman–Crippen LogP) is 2.85. The van der Waals surface area contributed by atoms with E-state index in [9.17, 15) is 4.79 Å². The standard InChI is InChI=1S/C22H25N5O/c1-2-20-19(16-24-27(20)17-18-8-4-3-5-9-18)22(28)26-14-12-25(13-15-26)21-10-6-7-11-23-21/h3-11,16H,2,12-15,17H2,1H3. The molecule has 3 heterocycles. The zero-order valence-corrected chi connectivity index (χ0v) is 16.2. The molecule has 4 rings (SSSR count). The number of benzene rings is 1. The highest BCUT2D eigenvalue weighted by molar-refractivity contribution is 5.95. The molecule has 6 heteroatoms. The summed E-state index contributed by atoms with van der Waals surface area (Å²) in [7, 11) is 0. The highest BCUT2D eigenvalue weighted by atomic mass is 16.2. The van der Waals surface area contributed by atoms with Crippen LogP contribution in [0.25, 0.3) is 0 Å². The second-order valence-corrected chi connectivity index (χ2v) is 6.97. The van der Waals surface area contributed by atoms with E-state index in [4.69, 9.17) is 0 Å². The maximum atomic E-state index is 13.1. The minimum absolute atomic E-state index is 0.0804. The van der Waals surface area contributed by atoms with Crippen LogP contribution in [0.5, 0.6) is 0 Å². The Bertz CT molecular complexity index is 915. The molecule has 28 heavy (non-hydrogen) atoms. The van der Waals surface area contributed by atoms with Gasteiger partial charge in [-0.1, -0.05) is 43.3 Å². The van der Waals surface area contributed by atoms with Gasteiger partial charge in [0.15, 0.2) is 0 Å². The Morgan fingerprint density at radius 3 is 2.43 bits per heavy atom. The lowest BCUT2D eigenvalue weighted by atomic mass is 10.1. The van der Waals surface area contributed by atoms with Crippen molar-refractivity contribution in [3.63, 3.8) is 0 Å². The minimum atomic E-state index is 0.0804. The van der Waals surface area contributed by atoms with Gasteiger partial charge in [0.25, 0.3) is 5.91 Å². The first-order chi connectivity index (χ1) is 13.8. The molecule has 0 spiro atoms. The molecule has 144 valence electrons. The number of hydrogen-bond donors (Lipinski definition) is 0. The molecule has 0 unspecified atom stereocenters. The number of carbonyl (C=O) groups is 1. The molecular weight excluding hydrogens is 350 g/mol. The molecule has 0 aliphatic carbocycles. The Balaban J connectivity index is 1.45. The molecule has 0 radical (unpaired) electrons. The van der Waals surface area contributed by atoms with Crippen molar-refractivity contribution in [3.05, 3.63) is 77.7 Å². The molecule has 1 aromatic carbocycles. The van der Waals surface area contributed by atoms with Gasteiger partial charge in [-0.2, -0.15) is 5.10 Å². The Morgan fingerprint density at radius 1 is 1.00 bits per heavy atom. The van der Waals surface area contributed by atoms with E-state index in [1.807, 2.05) is 52.2 Å². The van der Waals surface area contributed by atoms with E-state index in [0.717, 1.165) is 36.6 Å². The number of amides is 1. The highest BCUT2D eigenvalue weighted by Crippen LogP contribution is 2.18. The molecular formula is C22H25N5O. The second-order valence-electron chi connectivity index (χ2n) is 6.97. The van der Waals surface area contributed by atoms with E-state index < -0.39 is 0 Å². The number of rotatable bonds is 5. The molecule has 0 N–H and O–H groups in total. The first-order valence-corrected chi connectivity index (χ1v) is 9.80. The topological polar surface area (TPSA) is 54.3 Å². The fraction of sp³-hybridized carbons (Fsp3) is 0.318. The van der Waals surface area contributed by atoms with Crippen molar-refractivity contribution in [2.24, 2.45) is 0 Å². The molecule has 3 aromatic rings. The van der Waals surface area contributed by atoms with Crippen LogP contribution in [0.1, 0.15) is 28.5 Å².